The fourth-order valence-corrected chi connectivity index (χ4v) is 9.28. The zero-order valence-corrected chi connectivity index (χ0v) is 20.6. The summed E-state index contributed by atoms with van der Waals surface area (Å²) in [6.45, 7) is 19.2. The maximum absolute atomic E-state index is 2.49. The van der Waals surface area contributed by atoms with Gasteiger partial charge in [0, 0.05) is 0 Å². The van der Waals surface area contributed by atoms with Crippen molar-refractivity contribution in [2.45, 2.75) is 140 Å². The molecule has 170 valence electrons. The zero-order chi connectivity index (χ0) is 20.6. The molecule has 0 spiro atoms. The van der Waals surface area contributed by atoms with Crippen molar-refractivity contribution in [1.82, 2.24) is 0 Å². The SMILES string of the molecule is C.CC(C)C12CC(C)(C1)C2.CC(C)C12CCC(C)(CC1)C2.CCC12CC(C)(C1)C2. The van der Waals surface area contributed by atoms with E-state index in [1.807, 2.05) is 0 Å². The second-order valence-corrected chi connectivity index (χ2v) is 14.6. The van der Waals surface area contributed by atoms with E-state index in [9.17, 15) is 0 Å². The molecule has 0 saturated heterocycles. The highest BCUT2D eigenvalue weighted by Crippen LogP contribution is 2.76. The molecule has 29 heavy (non-hydrogen) atoms. The van der Waals surface area contributed by atoms with Gasteiger partial charge >= 0.3 is 0 Å². The van der Waals surface area contributed by atoms with Crippen LogP contribution in [0.1, 0.15) is 140 Å². The number of rotatable bonds is 3. The maximum atomic E-state index is 2.49. The predicted molar refractivity (Wildman–Crippen MR) is 129 cm³/mol. The molecule has 0 aromatic carbocycles. The maximum Gasteiger partial charge on any atom is -0.0259 e. The zero-order valence-electron chi connectivity index (χ0n) is 20.6. The predicted octanol–water partition coefficient (Wildman–Crippen LogP) is 9.67. The van der Waals surface area contributed by atoms with Gasteiger partial charge in [0.1, 0.15) is 0 Å². The van der Waals surface area contributed by atoms with Crippen molar-refractivity contribution >= 4 is 0 Å². The molecule has 0 aromatic heterocycles. The highest BCUT2D eigenvalue weighted by Gasteiger charge is 2.65. The lowest BCUT2D eigenvalue weighted by atomic mass is 9.33. The van der Waals surface area contributed by atoms with Crippen molar-refractivity contribution in [3.8, 4) is 0 Å². The average Bonchev–Trinajstić information content (AvgIpc) is 3.03. The molecule has 0 unspecified atom stereocenters. The van der Waals surface area contributed by atoms with E-state index in [0.717, 1.165) is 44.3 Å². The van der Waals surface area contributed by atoms with Crippen LogP contribution in [0.5, 0.6) is 0 Å². The van der Waals surface area contributed by atoms with Crippen LogP contribution in [0, 0.1) is 44.3 Å². The molecule has 0 radical (unpaired) electrons. The first-order valence-corrected chi connectivity index (χ1v) is 12.8. The Morgan fingerprint density at radius 2 is 0.931 bits per heavy atom. The van der Waals surface area contributed by atoms with E-state index in [0.29, 0.717) is 0 Å². The minimum Gasteiger partial charge on any atom is -0.0776 e. The van der Waals surface area contributed by atoms with Crippen molar-refractivity contribution < 1.29 is 0 Å². The minimum atomic E-state index is 0. The van der Waals surface area contributed by atoms with Crippen LogP contribution in [0.15, 0.2) is 0 Å². The van der Waals surface area contributed by atoms with Gasteiger partial charge in [-0.15, -0.1) is 0 Å². The first kappa shape index (κ1) is 23.7. The normalized spacial score (nSPS) is 51.9. The third-order valence-electron chi connectivity index (χ3n) is 11.2. The number of fused-ring (bicyclic) bond motifs is 2. The van der Waals surface area contributed by atoms with Crippen molar-refractivity contribution in [3.05, 3.63) is 0 Å². The van der Waals surface area contributed by atoms with Crippen molar-refractivity contribution in [2.24, 2.45) is 44.3 Å². The van der Waals surface area contributed by atoms with Gasteiger partial charge in [0.15, 0.2) is 0 Å². The van der Waals surface area contributed by atoms with Gasteiger partial charge in [-0.25, -0.2) is 0 Å². The van der Waals surface area contributed by atoms with Gasteiger partial charge in [-0.3, -0.25) is 0 Å². The molecule has 0 N–H and O–H groups in total. The first-order valence-electron chi connectivity index (χ1n) is 12.8. The first-order chi connectivity index (χ1) is 12.8. The summed E-state index contributed by atoms with van der Waals surface area (Å²) in [7, 11) is 0. The molecule has 0 amide bonds. The van der Waals surface area contributed by atoms with Crippen LogP contribution < -0.4 is 0 Å². The minimum absolute atomic E-state index is 0. The van der Waals surface area contributed by atoms with Gasteiger partial charge in [0.25, 0.3) is 0 Å². The molecule has 8 aliphatic rings. The van der Waals surface area contributed by atoms with Gasteiger partial charge in [0.05, 0.1) is 0 Å². The molecule has 0 aliphatic heterocycles. The Morgan fingerprint density at radius 1 is 0.552 bits per heavy atom. The molecule has 8 aliphatic carbocycles. The third kappa shape index (κ3) is 3.75. The van der Waals surface area contributed by atoms with Gasteiger partial charge in [-0.1, -0.05) is 69.2 Å². The summed E-state index contributed by atoms with van der Waals surface area (Å²) in [5, 5.41) is 0. The largest absolute Gasteiger partial charge is 0.0776 e. The van der Waals surface area contributed by atoms with Crippen LogP contribution in [0.3, 0.4) is 0 Å². The summed E-state index contributed by atoms with van der Waals surface area (Å²) >= 11 is 0. The summed E-state index contributed by atoms with van der Waals surface area (Å²) in [6.07, 6.45) is 18.2. The molecule has 8 rings (SSSR count). The van der Waals surface area contributed by atoms with Crippen molar-refractivity contribution in [1.29, 1.82) is 0 Å². The van der Waals surface area contributed by atoms with E-state index in [1.54, 1.807) is 0 Å². The lowest BCUT2D eigenvalue weighted by molar-refractivity contribution is -0.217. The standard InChI is InChI=1S/C11H20.C9H16.C8H14.CH4/c1-9(2)11-6-4-10(3,8-11)5-7-11;1-7(2)9-4-8(3,5-9)6-9;1-3-8-4-7(2,5-8)6-8;/h9H,4-8H2,1-3H3;7H,4-6H2,1-3H3;3-6H2,1-2H3;1H4. The molecule has 8 fully saturated rings. The Hall–Kier alpha value is 0. The Bertz CT molecular complexity index is 558. The van der Waals surface area contributed by atoms with Gasteiger partial charge in [0.2, 0.25) is 0 Å². The molecule has 0 nitrogen and oxygen atoms in total. The summed E-state index contributed by atoms with van der Waals surface area (Å²) in [5.41, 5.74) is 4.86. The van der Waals surface area contributed by atoms with E-state index < -0.39 is 0 Å². The second kappa shape index (κ2) is 7.00. The topological polar surface area (TPSA) is 0 Å². The van der Waals surface area contributed by atoms with Crippen molar-refractivity contribution in [2.75, 3.05) is 0 Å². The van der Waals surface area contributed by atoms with Crippen LogP contribution in [-0.4, -0.2) is 0 Å². The van der Waals surface area contributed by atoms with E-state index in [4.69, 9.17) is 0 Å². The summed E-state index contributed by atoms with van der Waals surface area (Å²) in [5.74, 6) is 1.87. The fourth-order valence-electron chi connectivity index (χ4n) is 9.28. The van der Waals surface area contributed by atoms with Crippen LogP contribution in [0.4, 0.5) is 0 Å². The Labute approximate surface area is 184 Å². The Morgan fingerprint density at radius 3 is 1.07 bits per heavy atom. The van der Waals surface area contributed by atoms with E-state index in [-0.39, 0.29) is 7.43 Å². The molecule has 0 atom stereocenters. The van der Waals surface area contributed by atoms with Crippen LogP contribution in [0.2, 0.25) is 0 Å². The lowest BCUT2D eigenvalue weighted by Gasteiger charge is -2.72. The lowest BCUT2D eigenvalue weighted by Crippen LogP contribution is -2.62. The average molecular weight is 403 g/mol. The van der Waals surface area contributed by atoms with Gasteiger partial charge in [-0.05, 0) is 115 Å². The van der Waals surface area contributed by atoms with Crippen molar-refractivity contribution in [3.63, 3.8) is 0 Å². The number of hydrogen-bond acceptors (Lipinski definition) is 0. The van der Waals surface area contributed by atoms with Crippen LogP contribution in [0.25, 0.3) is 0 Å². The summed E-state index contributed by atoms with van der Waals surface area (Å²) in [4.78, 5) is 0. The molecular formula is C29H54. The molecule has 6 bridgehead atoms. The monoisotopic (exact) mass is 402 g/mol. The fraction of sp³-hybridized carbons (Fsp3) is 1.00. The molecule has 0 heterocycles. The molecule has 0 aromatic rings. The van der Waals surface area contributed by atoms with Crippen LogP contribution in [-0.2, 0) is 0 Å². The highest BCUT2D eigenvalue weighted by atomic mass is 14.7. The van der Waals surface area contributed by atoms with E-state index in [2.05, 4.69) is 55.4 Å². The number of hydrogen-bond donors (Lipinski definition) is 0. The molecular weight excluding hydrogens is 348 g/mol. The summed E-state index contributed by atoms with van der Waals surface area (Å²) in [6, 6.07) is 0. The molecule has 0 heteroatoms. The smallest absolute Gasteiger partial charge is 0.0259 e. The van der Waals surface area contributed by atoms with E-state index in [1.165, 1.54) is 77.0 Å². The Balaban J connectivity index is 0.000000124. The summed E-state index contributed by atoms with van der Waals surface area (Å²) < 4.78 is 0. The van der Waals surface area contributed by atoms with E-state index >= 15 is 0 Å². The van der Waals surface area contributed by atoms with Crippen LogP contribution >= 0.6 is 0 Å². The van der Waals surface area contributed by atoms with Gasteiger partial charge < -0.3 is 0 Å². The quantitative estimate of drug-likeness (QED) is 0.440. The van der Waals surface area contributed by atoms with Gasteiger partial charge in [-0.2, -0.15) is 0 Å². The third-order valence-corrected chi connectivity index (χ3v) is 11.2. The Kier molecular flexibility index (Phi) is 5.71. The highest BCUT2D eigenvalue weighted by molar-refractivity contribution is 5.15. The second-order valence-electron chi connectivity index (χ2n) is 14.6. The molecule has 8 saturated carbocycles.